The van der Waals surface area contributed by atoms with Crippen LogP contribution in [0.5, 0.6) is 0 Å². The van der Waals surface area contributed by atoms with Crippen LogP contribution in [-0.4, -0.2) is 12.6 Å². The quantitative estimate of drug-likeness (QED) is 0.716. The van der Waals surface area contributed by atoms with E-state index in [1.165, 1.54) is 38.2 Å². The number of halogens is 1. The molecule has 0 saturated heterocycles. The van der Waals surface area contributed by atoms with Gasteiger partial charge in [-0.15, -0.1) is 0 Å². The molecule has 17 heavy (non-hydrogen) atoms. The molecular weight excluding hydrogens is 215 g/mol. The second kappa shape index (κ2) is 4.55. The second-order valence-electron chi connectivity index (χ2n) is 5.22. The fraction of sp³-hybridized carbons (Fsp3) is 0.571. The predicted molar refractivity (Wildman–Crippen MR) is 68.9 cm³/mol. The SMILES string of the molecule is Fc1ccc2c(c1)NCC1CCCCCC1N2. The molecule has 3 heteroatoms. The van der Waals surface area contributed by atoms with Crippen LogP contribution in [0.1, 0.15) is 32.1 Å². The fourth-order valence-corrected chi connectivity index (χ4v) is 3.05. The summed E-state index contributed by atoms with van der Waals surface area (Å²) < 4.78 is 13.2. The van der Waals surface area contributed by atoms with Crippen molar-refractivity contribution in [3.05, 3.63) is 24.0 Å². The van der Waals surface area contributed by atoms with Crippen molar-refractivity contribution in [1.82, 2.24) is 0 Å². The maximum absolute atomic E-state index is 13.2. The lowest BCUT2D eigenvalue weighted by Gasteiger charge is -2.23. The molecule has 0 bridgehead atoms. The van der Waals surface area contributed by atoms with Crippen LogP contribution in [0.2, 0.25) is 0 Å². The van der Waals surface area contributed by atoms with Gasteiger partial charge in [-0.1, -0.05) is 19.3 Å². The average molecular weight is 234 g/mol. The summed E-state index contributed by atoms with van der Waals surface area (Å²) in [6.45, 7) is 0.966. The Kier molecular flexibility index (Phi) is 2.91. The largest absolute Gasteiger partial charge is 0.383 e. The van der Waals surface area contributed by atoms with Crippen molar-refractivity contribution in [3.8, 4) is 0 Å². The third-order valence-electron chi connectivity index (χ3n) is 4.04. The summed E-state index contributed by atoms with van der Waals surface area (Å²) in [5, 5.41) is 6.99. The third-order valence-corrected chi connectivity index (χ3v) is 4.04. The number of nitrogens with one attached hydrogen (secondary N) is 2. The van der Waals surface area contributed by atoms with Gasteiger partial charge in [0.25, 0.3) is 0 Å². The molecule has 0 spiro atoms. The lowest BCUT2D eigenvalue weighted by molar-refractivity contribution is 0.444. The molecule has 1 aromatic rings. The van der Waals surface area contributed by atoms with E-state index in [0.29, 0.717) is 12.0 Å². The van der Waals surface area contributed by atoms with Crippen molar-refractivity contribution in [2.75, 3.05) is 17.2 Å². The van der Waals surface area contributed by atoms with Crippen molar-refractivity contribution >= 4 is 11.4 Å². The van der Waals surface area contributed by atoms with Crippen LogP contribution in [-0.2, 0) is 0 Å². The summed E-state index contributed by atoms with van der Waals surface area (Å²) >= 11 is 0. The highest BCUT2D eigenvalue weighted by Crippen LogP contribution is 2.33. The molecule has 1 saturated carbocycles. The van der Waals surface area contributed by atoms with Gasteiger partial charge in [0.05, 0.1) is 11.4 Å². The van der Waals surface area contributed by atoms with Gasteiger partial charge >= 0.3 is 0 Å². The molecule has 0 amide bonds. The monoisotopic (exact) mass is 234 g/mol. The smallest absolute Gasteiger partial charge is 0.125 e. The standard InChI is InChI=1S/C14H19FN2/c15-11-6-7-13-14(8-11)16-9-10-4-2-1-3-5-12(10)17-13/h6-8,10,12,16-17H,1-5,9H2. The summed E-state index contributed by atoms with van der Waals surface area (Å²) in [4.78, 5) is 0. The first kappa shape index (κ1) is 10.9. The van der Waals surface area contributed by atoms with Gasteiger partial charge < -0.3 is 10.6 Å². The second-order valence-corrected chi connectivity index (χ2v) is 5.22. The summed E-state index contributed by atoms with van der Waals surface area (Å²) in [6.07, 6.45) is 6.51. The van der Waals surface area contributed by atoms with Crippen LogP contribution in [0.25, 0.3) is 0 Å². The molecule has 2 nitrogen and oxygen atoms in total. The van der Waals surface area contributed by atoms with Gasteiger partial charge in [-0.25, -0.2) is 4.39 Å². The van der Waals surface area contributed by atoms with E-state index in [0.717, 1.165) is 17.9 Å². The van der Waals surface area contributed by atoms with Crippen molar-refractivity contribution < 1.29 is 4.39 Å². The highest BCUT2D eigenvalue weighted by atomic mass is 19.1. The fourth-order valence-electron chi connectivity index (χ4n) is 3.05. The molecule has 3 rings (SSSR count). The highest BCUT2D eigenvalue weighted by Gasteiger charge is 2.26. The van der Waals surface area contributed by atoms with Crippen molar-refractivity contribution in [2.45, 2.75) is 38.1 Å². The van der Waals surface area contributed by atoms with Gasteiger partial charge in [-0.3, -0.25) is 0 Å². The first-order valence-corrected chi connectivity index (χ1v) is 6.63. The minimum atomic E-state index is -0.167. The molecular formula is C14H19FN2. The maximum Gasteiger partial charge on any atom is 0.125 e. The average Bonchev–Trinajstić information content (AvgIpc) is 2.62. The molecule has 2 unspecified atom stereocenters. The normalized spacial score (nSPS) is 27.8. The van der Waals surface area contributed by atoms with Gasteiger partial charge in [-0.2, -0.15) is 0 Å². The molecule has 1 fully saturated rings. The lowest BCUT2D eigenvalue weighted by atomic mass is 9.95. The Hall–Kier alpha value is -1.25. The third kappa shape index (κ3) is 2.24. The minimum Gasteiger partial charge on any atom is -0.383 e. The summed E-state index contributed by atoms with van der Waals surface area (Å²) in [5.74, 6) is 0.508. The highest BCUT2D eigenvalue weighted by molar-refractivity contribution is 5.70. The zero-order valence-corrected chi connectivity index (χ0v) is 10.0. The van der Waals surface area contributed by atoms with Gasteiger partial charge in [0, 0.05) is 12.6 Å². The van der Waals surface area contributed by atoms with Crippen LogP contribution < -0.4 is 10.6 Å². The van der Waals surface area contributed by atoms with Crippen molar-refractivity contribution in [1.29, 1.82) is 0 Å². The van der Waals surface area contributed by atoms with E-state index in [2.05, 4.69) is 10.6 Å². The van der Waals surface area contributed by atoms with Crippen LogP contribution >= 0.6 is 0 Å². The van der Waals surface area contributed by atoms with E-state index in [1.54, 1.807) is 6.07 Å². The summed E-state index contributed by atoms with van der Waals surface area (Å²) in [6, 6.07) is 5.53. The lowest BCUT2D eigenvalue weighted by Crippen LogP contribution is -2.30. The van der Waals surface area contributed by atoms with Crippen LogP contribution in [0.15, 0.2) is 18.2 Å². The first-order chi connectivity index (χ1) is 8.33. The molecule has 1 heterocycles. The van der Waals surface area contributed by atoms with Crippen LogP contribution in [0.3, 0.4) is 0 Å². The Balaban J connectivity index is 1.87. The Morgan fingerprint density at radius 3 is 2.88 bits per heavy atom. The Bertz CT molecular complexity index is 405. The molecule has 0 aromatic heterocycles. The zero-order valence-electron chi connectivity index (χ0n) is 10.0. The van der Waals surface area contributed by atoms with E-state index in [9.17, 15) is 4.39 Å². The zero-order chi connectivity index (χ0) is 11.7. The number of hydrogen-bond acceptors (Lipinski definition) is 2. The molecule has 2 aliphatic rings. The molecule has 1 aliphatic carbocycles. The number of fused-ring (bicyclic) bond motifs is 2. The molecule has 2 N–H and O–H groups in total. The number of rotatable bonds is 0. The van der Waals surface area contributed by atoms with Gasteiger partial charge in [-0.05, 0) is 37.0 Å². The Labute approximate surface area is 102 Å². The molecule has 92 valence electrons. The van der Waals surface area contributed by atoms with Crippen molar-refractivity contribution in [2.24, 2.45) is 5.92 Å². The van der Waals surface area contributed by atoms with E-state index < -0.39 is 0 Å². The van der Waals surface area contributed by atoms with Crippen LogP contribution in [0, 0.1) is 11.7 Å². The molecule has 1 aromatic carbocycles. The Morgan fingerprint density at radius 2 is 1.94 bits per heavy atom. The molecule has 0 radical (unpaired) electrons. The van der Waals surface area contributed by atoms with Crippen LogP contribution in [0.4, 0.5) is 15.8 Å². The Morgan fingerprint density at radius 1 is 1.06 bits per heavy atom. The number of benzene rings is 1. The van der Waals surface area contributed by atoms with Gasteiger partial charge in [0.15, 0.2) is 0 Å². The summed E-state index contributed by atoms with van der Waals surface area (Å²) in [5.41, 5.74) is 1.97. The van der Waals surface area contributed by atoms with E-state index >= 15 is 0 Å². The number of anilines is 2. The topological polar surface area (TPSA) is 24.1 Å². The van der Waals surface area contributed by atoms with E-state index in [-0.39, 0.29) is 5.82 Å². The number of hydrogen-bond donors (Lipinski definition) is 2. The maximum atomic E-state index is 13.2. The van der Waals surface area contributed by atoms with E-state index in [1.807, 2.05) is 6.07 Å². The minimum absolute atomic E-state index is 0.167. The summed E-state index contributed by atoms with van der Waals surface area (Å²) in [7, 11) is 0. The predicted octanol–water partition coefficient (Wildman–Crippen LogP) is 3.61. The van der Waals surface area contributed by atoms with Crippen molar-refractivity contribution in [3.63, 3.8) is 0 Å². The molecule has 1 aliphatic heterocycles. The first-order valence-electron chi connectivity index (χ1n) is 6.63. The molecule has 2 atom stereocenters. The van der Waals surface area contributed by atoms with Gasteiger partial charge in [0.2, 0.25) is 0 Å². The van der Waals surface area contributed by atoms with Gasteiger partial charge in [0.1, 0.15) is 5.82 Å². The van der Waals surface area contributed by atoms with E-state index in [4.69, 9.17) is 0 Å².